The second-order valence-electron chi connectivity index (χ2n) is 7.10. The average molecular weight is 385 g/mol. The molecule has 1 aliphatic heterocycles. The minimum atomic E-state index is -0.584. The number of methoxy groups -OCH3 is 2. The molecule has 0 aromatic heterocycles. The Balaban J connectivity index is 1.66. The van der Waals surface area contributed by atoms with Crippen LogP contribution < -0.4 is 9.47 Å². The van der Waals surface area contributed by atoms with Gasteiger partial charge in [-0.1, -0.05) is 12.2 Å². The molecule has 1 heterocycles. The molecule has 5 rings (SSSR count). The van der Waals surface area contributed by atoms with Gasteiger partial charge in [-0.15, -0.1) is 0 Å². The highest BCUT2D eigenvalue weighted by Gasteiger charge is 2.56. The van der Waals surface area contributed by atoms with Crippen molar-refractivity contribution >= 4 is 23.7 Å². The molecular weight excluding hydrogens is 366 g/mol. The lowest BCUT2D eigenvalue weighted by molar-refractivity contribution is -0.385. The smallest absolute Gasteiger partial charge is 0.311 e. The lowest BCUT2D eigenvalue weighted by Crippen LogP contribution is -2.38. The molecule has 2 fully saturated rings. The quantitative estimate of drug-likeness (QED) is 0.252. The molecule has 0 radical (unpaired) electrons. The summed E-state index contributed by atoms with van der Waals surface area (Å²) in [6, 6.07) is 2.61. The SMILES string of the molecule is COc1cc(OC)c([N+](=O)[O-])cc1C=NN1C(=O)C2C3C=CC(CC3)C2C1=O. The lowest BCUT2D eigenvalue weighted by atomic mass is 9.63. The van der Waals surface area contributed by atoms with Crippen LogP contribution in [0.25, 0.3) is 0 Å². The van der Waals surface area contributed by atoms with Crippen LogP contribution in [0.5, 0.6) is 11.5 Å². The van der Waals surface area contributed by atoms with E-state index in [0.717, 1.165) is 17.9 Å². The molecule has 0 spiro atoms. The number of allylic oxidation sites excluding steroid dienone is 2. The van der Waals surface area contributed by atoms with E-state index in [9.17, 15) is 19.7 Å². The highest BCUT2D eigenvalue weighted by molar-refractivity contribution is 6.06. The van der Waals surface area contributed by atoms with Crippen LogP contribution in [0, 0.1) is 33.8 Å². The van der Waals surface area contributed by atoms with E-state index in [-0.39, 0.29) is 58.2 Å². The number of fused-ring (bicyclic) bond motifs is 1. The Bertz CT molecular complexity index is 892. The molecule has 0 N–H and O–H groups in total. The first kappa shape index (κ1) is 18.1. The molecule has 1 saturated carbocycles. The predicted octanol–water partition coefficient (Wildman–Crippen LogP) is 2.14. The Labute approximate surface area is 160 Å². The van der Waals surface area contributed by atoms with Gasteiger partial charge < -0.3 is 9.47 Å². The van der Waals surface area contributed by atoms with Crippen LogP contribution in [0.3, 0.4) is 0 Å². The van der Waals surface area contributed by atoms with Crippen LogP contribution in [0.15, 0.2) is 29.4 Å². The predicted molar refractivity (Wildman–Crippen MR) is 98.0 cm³/mol. The van der Waals surface area contributed by atoms with Crippen LogP contribution >= 0.6 is 0 Å². The summed E-state index contributed by atoms with van der Waals surface area (Å²) in [5.74, 6) is -0.877. The number of ether oxygens (including phenoxy) is 2. The highest BCUT2D eigenvalue weighted by Crippen LogP contribution is 2.49. The van der Waals surface area contributed by atoms with Crippen LogP contribution in [-0.2, 0) is 9.59 Å². The molecule has 4 unspecified atom stereocenters. The maximum Gasteiger partial charge on any atom is 0.311 e. The zero-order valence-corrected chi connectivity index (χ0v) is 15.4. The summed E-state index contributed by atoms with van der Waals surface area (Å²) in [5, 5.41) is 16.2. The van der Waals surface area contributed by atoms with Crippen molar-refractivity contribution in [2.24, 2.45) is 28.8 Å². The van der Waals surface area contributed by atoms with Gasteiger partial charge in [-0.05, 0) is 24.7 Å². The number of imide groups is 1. The van der Waals surface area contributed by atoms with Gasteiger partial charge in [0.1, 0.15) is 5.75 Å². The molecule has 2 bridgehead atoms. The zero-order chi connectivity index (χ0) is 20.0. The second-order valence-corrected chi connectivity index (χ2v) is 7.10. The molecule has 3 aliphatic carbocycles. The zero-order valence-electron chi connectivity index (χ0n) is 15.4. The number of amides is 2. The van der Waals surface area contributed by atoms with Gasteiger partial charge in [0.15, 0.2) is 0 Å². The fraction of sp³-hybridized carbons (Fsp3) is 0.421. The van der Waals surface area contributed by atoms with E-state index in [2.05, 4.69) is 5.10 Å². The summed E-state index contributed by atoms with van der Waals surface area (Å²) in [6.07, 6.45) is 7.11. The average Bonchev–Trinajstić information content (AvgIpc) is 2.98. The molecule has 28 heavy (non-hydrogen) atoms. The van der Waals surface area contributed by atoms with Crippen molar-refractivity contribution < 1.29 is 24.0 Å². The largest absolute Gasteiger partial charge is 0.496 e. The van der Waals surface area contributed by atoms with Gasteiger partial charge in [0, 0.05) is 17.7 Å². The number of nitrogens with zero attached hydrogens (tertiary/aromatic N) is 3. The van der Waals surface area contributed by atoms with E-state index in [1.807, 2.05) is 12.2 Å². The van der Waals surface area contributed by atoms with E-state index in [1.165, 1.54) is 32.6 Å². The van der Waals surface area contributed by atoms with Crippen molar-refractivity contribution in [3.05, 3.63) is 40.0 Å². The molecule has 1 aromatic carbocycles. The second kappa shape index (κ2) is 6.74. The minimum absolute atomic E-state index is 0.0426. The third-order valence-corrected chi connectivity index (χ3v) is 5.78. The highest BCUT2D eigenvalue weighted by atomic mass is 16.6. The minimum Gasteiger partial charge on any atom is -0.496 e. The maximum absolute atomic E-state index is 12.8. The summed E-state index contributed by atoms with van der Waals surface area (Å²) in [4.78, 5) is 36.3. The van der Waals surface area contributed by atoms with Crippen molar-refractivity contribution in [2.75, 3.05) is 14.2 Å². The fourth-order valence-electron chi connectivity index (χ4n) is 4.44. The monoisotopic (exact) mass is 385 g/mol. The number of hydrogen-bond donors (Lipinski definition) is 0. The standard InChI is InChI=1S/C19H19N3O6/c1-27-14-8-15(28-2)13(22(25)26)7-12(14)9-20-21-18(23)16-10-3-4-11(6-5-10)17(16)19(21)24/h3-4,7-11,16-17H,5-6H2,1-2H3. The Morgan fingerprint density at radius 1 is 1.07 bits per heavy atom. The Hall–Kier alpha value is -3.23. The van der Waals surface area contributed by atoms with Crippen molar-refractivity contribution in [3.63, 3.8) is 0 Å². The number of carbonyl (C=O) groups excluding carboxylic acids is 2. The topological polar surface area (TPSA) is 111 Å². The van der Waals surface area contributed by atoms with Gasteiger partial charge >= 0.3 is 5.69 Å². The molecule has 2 amide bonds. The number of nitro benzene ring substituents is 1. The number of rotatable bonds is 5. The van der Waals surface area contributed by atoms with Gasteiger partial charge in [-0.3, -0.25) is 19.7 Å². The van der Waals surface area contributed by atoms with Crippen LogP contribution in [0.4, 0.5) is 5.69 Å². The number of hydrazone groups is 1. The first-order chi connectivity index (χ1) is 13.5. The molecule has 4 atom stereocenters. The van der Waals surface area contributed by atoms with Crippen molar-refractivity contribution in [2.45, 2.75) is 12.8 Å². The number of benzene rings is 1. The summed E-state index contributed by atoms with van der Waals surface area (Å²) in [7, 11) is 2.73. The van der Waals surface area contributed by atoms with E-state index >= 15 is 0 Å². The molecule has 9 heteroatoms. The van der Waals surface area contributed by atoms with Crippen LogP contribution in [0.1, 0.15) is 18.4 Å². The van der Waals surface area contributed by atoms with E-state index in [1.54, 1.807) is 0 Å². The fourth-order valence-corrected chi connectivity index (χ4v) is 4.44. The Kier molecular flexibility index (Phi) is 4.37. The molecule has 1 aromatic rings. The summed E-state index contributed by atoms with van der Waals surface area (Å²) in [6.45, 7) is 0. The summed E-state index contributed by atoms with van der Waals surface area (Å²) in [5.41, 5.74) is 0.00584. The summed E-state index contributed by atoms with van der Waals surface area (Å²) < 4.78 is 10.3. The van der Waals surface area contributed by atoms with Crippen molar-refractivity contribution in [3.8, 4) is 11.5 Å². The first-order valence-electron chi connectivity index (χ1n) is 8.96. The van der Waals surface area contributed by atoms with E-state index in [0.29, 0.717) is 0 Å². The van der Waals surface area contributed by atoms with Crippen molar-refractivity contribution in [1.29, 1.82) is 0 Å². The number of hydrogen-bond acceptors (Lipinski definition) is 7. The van der Waals surface area contributed by atoms with Crippen molar-refractivity contribution in [1.82, 2.24) is 5.01 Å². The first-order valence-corrected chi connectivity index (χ1v) is 8.96. The van der Waals surface area contributed by atoms with Gasteiger partial charge in [0.2, 0.25) is 5.75 Å². The Morgan fingerprint density at radius 2 is 1.64 bits per heavy atom. The molecule has 146 valence electrons. The molecular formula is C19H19N3O6. The van der Waals surface area contributed by atoms with Gasteiger partial charge in [-0.25, -0.2) is 0 Å². The van der Waals surface area contributed by atoms with Gasteiger partial charge in [-0.2, -0.15) is 10.1 Å². The number of nitro groups is 1. The van der Waals surface area contributed by atoms with Gasteiger partial charge in [0.25, 0.3) is 11.8 Å². The van der Waals surface area contributed by atoms with Crippen LogP contribution in [-0.4, -0.2) is 42.2 Å². The molecule has 4 aliphatic rings. The third-order valence-electron chi connectivity index (χ3n) is 5.78. The van der Waals surface area contributed by atoms with E-state index < -0.39 is 4.92 Å². The van der Waals surface area contributed by atoms with E-state index in [4.69, 9.17) is 9.47 Å². The van der Waals surface area contributed by atoms with Crippen LogP contribution in [0.2, 0.25) is 0 Å². The lowest BCUT2D eigenvalue weighted by Gasteiger charge is -2.37. The third kappa shape index (κ3) is 2.65. The molecule has 1 saturated heterocycles. The van der Waals surface area contributed by atoms with Gasteiger partial charge in [0.05, 0.1) is 37.2 Å². The number of carbonyl (C=O) groups is 2. The summed E-state index contributed by atoms with van der Waals surface area (Å²) >= 11 is 0. The maximum atomic E-state index is 12.8. The molecule has 9 nitrogen and oxygen atoms in total. The normalized spacial score (nSPS) is 28.1. The Morgan fingerprint density at radius 3 is 2.11 bits per heavy atom.